The molecule has 5 nitrogen and oxygen atoms in total. The van der Waals surface area contributed by atoms with Crippen LogP contribution in [0.25, 0.3) is 11.0 Å². The van der Waals surface area contributed by atoms with E-state index in [4.69, 9.17) is 4.42 Å². The number of benzene rings is 1. The number of aryl methyl sites for hydroxylation is 1. The summed E-state index contributed by atoms with van der Waals surface area (Å²) in [6, 6.07) is 7.88. The molecule has 0 aliphatic carbocycles. The molecule has 1 aromatic carbocycles. The van der Waals surface area contributed by atoms with Crippen molar-refractivity contribution in [2.24, 2.45) is 10.9 Å². The number of nitrogens with zero attached hydrogens (tertiary/aromatic N) is 2. The van der Waals surface area contributed by atoms with E-state index in [1.54, 1.807) is 7.05 Å². The minimum absolute atomic E-state index is 0.179. The summed E-state index contributed by atoms with van der Waals surface area (Å²) in [6.45, 7) is 3.20. The van der Waals surface area contributed by atoms with Crippen LogP contribution in [-0.4, -0.2) is 50.3 Å². The second kappa shape index (κ2) is 8.21. The molecule has 148 valence electrons. The number of halogens is 3. The van der Waals surface area contributed by atoms with Crippen LogP contribution in [0.15, 0.2) is 33.7 Å². The Balaban J connectivity index is 1.48. The Morgan fingerprint density at radius 2 is 2.07 bits per heavy atom. The molecule has 2 heterocycles. The van der Waals surface area contributed by atoms with E-state index in [0.717, 1.165) is 28.7 Å². The summed E-state index contributed by atoms with van der Waals surface area (Å²) in [5.74, 6) is 1.64. The Labute approximate surface area is 156 Å². The number of nitrogens with one attached hydrogen (secondary N) is 2. The van der Waals surface area contributed by atoms with Crippen LogP contribution in [-0.2, 0) is 6.54 Å². The van der Waals surface area contributed by atoms with Crippen LogP contribution in [0.2, 0.25) is 0 Å². The molecule has 2 N–H and O–H groups in total. The van der Waals surface area contributed by atoms with E-state index < -0.39 is 12.7 Å². The molecule has 0 saturated carbocycles. The van der Waals surface area contributed by atoms with Gasteiger partial charge in [0.1, 0.15) is 11.3 Å². The predicted molar refractivity (Wildman–Crippen MR) is 99.8 cm³/mol. The molecule has 1 unspecified atom stereocenters. The Morgan fingerprint density at radius 3 is 2.78 bits per heavy atom. The fourth-order valence-corrected chi connectivity index (χ4v) is 3.50. The Morgan fingerprint density at radius 1 is 1.30 bits per heavy atom. The van der Waals surface area contributed by atoms with E-state index in [9.17, 15) is 13.2 Å². The molecule has 1 saturated heterocycles. The van der Waals surface area contributed by atoms with Crippen LogP contribution in [0.3, 0.4) is 0 Å². The molecular formula is C19H25F3N4O. The zero-order valence-electron chi connectivity index (χ0n) is 15.6. The first-order valence-electron chi connectivity index (χ1n) is 9.06. The number of rotatable bonds is 5. The van der Waals surface area contributed by atoms with Gasteiger partial charge < -0.3 is 15.1 Å². The monoisotopic (exact) mass is 382 g/mol. The number of aliphatic imine (C=N–C) groups is 1. The number of para-hydroxylation sites is 1. The minimum atomic E-state index is -4.13. The van der Waals surface area contributed by atoms with Crippen LogP contribution in [0.1, 0.15) is 17.7 Å². The third-order valence-electron chi connectivity index (χ3n) is 4.91. The summed E-state index contributed by atoms with van der Waals surface area (Å²) in [5.41, 5.74) is 1.94. The van der Waals surface area contributed by atoms with E-state index in [2.05, 4.69) is 15.6 Å². The van der Waals surface area contributed by atoms with Crippen LogP contribution in [0.5, 0.6) is 0 Å². The lowest BCUT2D eigenvalue weighted by Crippen LogP contribution is -2.40. The molecule has 1 fully saturated rings. The van der Waals surface area contributed by atoms with Gasteiger partial charge in [-0.1, -0.05) is 18.2 Å². The summed E-state index contributed by atoms with van der Waals surface area (Å²) in [6.07, 6.45) is -3.38. The Hall–Kier alpha value is -2.22. The number of hydrogen-bond acceptors (Lipinski definition) is 3. The molecule has 3 rings (SSSR count). The van der Waals surface area contributed by atoms with E-state index >= 15 is 0 Å². The molecule has 1 aliphatic heterocycles. The van der Waals surface area contributed by atoms with Gasteiger partial charge in [-0.25, -0.2) is 0 Å². The van der Waals surface area contributed by atoms with Crippen LogP contribution in [0.4, 0.5) is 13.2 Å². The van der Waals surface area contributed by atoms with Crippen molar-refractivity contribution in [3.05, 3.63) is 35.6 Å². The molecule has 0 amide bonds. The molecular weight excluding hydrogens is 357 g/mol. The number of likely N-dealkylation sites (tertiary alicyclic amines) is 1. The maximum Gasteiger partial charge on any atom is 0.401 e. The molecule has 1 atom stereocenters. The third kappa shape index (κ3) is 5.15. The van der Waals surface area contributed by atoms with Gasteiger partial charge in [0, 0.05) is 31.1 Å². The number of furan rings is 1. The van der Waals surface area contributed by atoms with Gasteiger partial charge in [0.15, 0.2) is 5.96 Å². The average molecular weight is 382 g/mol. The predicted octanol–water partition coefficient (Wildman–Crippen LogP) is 3.29. The topological polar surface area (TPSA) is 52.8 Å². The van der Waals surface area contributed by atoms with Gasteiger partial charge in [0.2, 0.25) is 0 Å². The lowest BCUT2D eigenvalue weighted by Gasteiger charge is -2.18. The highest BCUT2D eigenvalue weighted by molar-refractivity contribution is 5.82. The lowest BCUT2D eigenvalue weighted by molar-refractivity contribution is -0.143. The fraction of sp³-hybridized carbons (Fsp3) is 0.526. The van der Waals surface area contributed by atoms with Crippen molar-refractivity contribution >= 4 is 16.9 Å². The molecule has 2 aromatic rings. The molecule has 8 heteroatoms. The van der Waals surface area contributed by atoms with E-state index in [0.29, 0.717) is 32.1 Å². The van der Waals surface area contributed by atoms with E-state index in [-0.39, 0.29) is 5.92 Å². The fourth-order valence-electron chi connectivity index (χ4n) is 3.50. The van der Waals surface area contributed by atoms with Crippen molar-refractivity contribution in [1.82, 2.24) is 15.5 Å². The normalized spacial score (nSPS) is 19.0. The average Bonchev–Trinajstić information content (AvgIpc) is 3.18. The second-order valence-electron chi connectivity index (χ2n) is 6.96. The van der Waals surface area contributed by atoms with Gasteiger partial charge in [-0.15, -0.1) is 0 Å². The maximum atomic E-state index is 12.5. The highest BCUT2D eigenvalue weighted by atomic mass is 19.4. The number of fused-ring (bicyclic) bond motifs is 1. The van der Waals surface area contributed by atoms with Crippen LogP contribution in [0, 0.1) is 12.8 Å². The second-order valence-corrected chi connectivity index (χ2v) is 6.96. The van der Waals surface area contributed by atoms with Gasteiger partial charge in [0.25, 0.3) is 0 Å². The van der Waals surface area contributed by atoms with Crippen molar-refractivity contribution in [2.75, 3.05) is 33.2 Å². The van der Waals surface area contributed by atoms with Crippen molar-refractivity contribution in [1.29, 1.82) is 0 Å². The van der Waals surface area contributed by atoms with Crippen molar-refractivity contribution in [3.8, 4) is 0 Å². The summed E-state index contributed by atoms with van der Waals surface area (Å²) >= 11 is 0. The van der Waals surface area contributed by atoms with Crippen molar-refractivity contribution in [2.45, 2.75) is 26.1 Å². The number of alkyl halides is 3. The highest BCUT2D eigenvalue weighted by Gasteiger charge is 2.34. The quantitative estimate of drug-likeness (QED) is 0.616. The molecule has 1 aliphatic rings. The summed E-state index contributed by atoms with van der Waals surface area (Å²) in [7, 11) is 1.67. The first-order valence-corrected chi connectivity index (χ1v) is 9.06. The van der Waals surface area contributed by atoms with Gasteiger partial charge >= 0.3 is 6.18 Å². The SMILES string of the molecule is CN=C(NCc1oc2ccccc2c1C)NCC1CCN(CC(F)(F)F)C1. The summed E-state index contributed by atoms with van der Waals surface area (Å²) in [4.78, 5) is 5.64. The standard InChI is InChI=1S/C19H25F3N4O/c1-13-15-5-3-4-6-16(15)27-17(13)10-25-18(23-2)24-9-14-7-8-26(11-14)12-19(20,21)22/h3-6,14H,7-12H2,1-2H3,(H2,23,24,25). The van der Waals surface area contributed by atoms with Gasteiger partial charge in [-0.05, 0) is 31.9 Å². The molecule has 0 spiro atoms. The maximum absolute atomic E-state index is 12.5. The van der Waals surface area contributed by atoms with Gasteiger partial charge in [0.05, 0.1) is 13.1 Å². The first kappa shape index (κ1) is 19.5. The molecule has 0 radical (unpaired) electrons. The minimum Gasteiger partial charge on any atom is -0.459 e. The smallest absolute Gasteiger partial charge is 0.401 e. The zero-order valence-corrected chi connectivity index (χ0v) is 15.6. The Kier molecular flexibility index (Phi) is 5.94. The van der Waals surface area contributed by atoms with E-state index in [1.165, 1.54) is 4.90 Å². The highest BCUT2D eigenvalue weighted by Crippen LogP contribution is 2.25. The summed E-state index contributed by atoms with van der Waals surface area (Å²) in [5, 5.41) is 7.51. The molecule has 1 aromatic heterocycles. The number of hydrogen-bond donors (Lipinski definition) is 2. The third-order valence-corrected chi connectivity index (χ3v) is 4.91. The zero-order chi connectivity index (χ0) is 19.4. The lowest BCUT2D eigenvalue weighted by atomic mass is 10.1. The van der Waals surface area contributed by atoms with Crippen molar-refractivity contribution < 1.29 is 17.6 Å². The van der Waals surface area contributed by atoms with Crippen LogP contribution >= 0.6 is 0 Å². The van der Waals surface area contributed by atoms with Gasteiger partial charge in [-0.2, -0.15) is 13.2 Å². The van der Waals surface area contributed by atoms with E-state index in [1.807, 2.05) is 31.2 Å². The first-order chi connectivity index (χ1) is 12.9. The van der Waals surface area contributed by atoms with Crippen molar-refractivity contribution in [3.63, 3.8) is 0 Å². The Bertz CT molecular complexity index is 800. The van der Waals surface area contributed by atoms with Crippen LogP contribution < -0.4 is 10.6 Å². The molecule has 27 heavy (non-hydrogen) atoms. The molecule has 0 bridgehead atoms. The number of guanidine groups is 1. The largest absolute Gasteiger partial charge is 0.459 e. The summed E-state index contributed by atoms with van der Waals surface area (Å²) < 4.78 is 43.3. The van der Waals surface area contributed by atoms with Gasteiger partial charge in [-0.3, -0.25) is 9.89 Å².